The molecule has 4 N–H and O–H groups in total. The molecule has 0 aliphatic rings. The van der Waals surface area contributed by atoms with E-state index in [2.05, 4.69) is 37.2 Å². The smallest absolute Gasteiger partial charge is 0.315 e. The molecule has 35 heavy (non-hydrogen) atoms. The Kier molecular flexibility index (Phi) is 11.4. The molecule has 0 heterocycles. The lowest BCUT2D eigenvalue weighted by Gasteiger charge is -2.23. The highest BCUT2D eigenvalue weighted by atomic mass is 79.9. The number of halogens is 1. The van der Waals surface area contributed by atoms with Crippen molar-refractivity contribution >= 4 is 39.6 Å². The van der Waals surface area contributed by atoms with Crippen molar-refractivity contribution in [3.05, 3.63) is 70.2 Å². The summed E-state index contributed by atoms with van der Waals surface area (Å²) in [5, 5.41) is 10.7. The minimum absolute atomic E-state index is 0.114. The van der Waals surface area contributed by atoms with Gasteiger partial charge < -0.3 is 21.3 Å². The number of carbonyl (C=O) groups excluding carboxylic acids is 4. The van der Waals surface area contributed by atoms with Crippen molar-refractivity contribution in [1.29, 1.82) is 0 Å². The van der Waals surface area contributed by atoms with Gasteiger partial charge in [-0.05, 0) is 36.0 Å². The molecule has 0 aliphatic carbocycles. The first-order chi connectivity index (χ1) is 16.7. The second kappa shape index (κ2) is 14.3. The van der Waals surface area contributed by atoms with Gasteiger partial charge >= 0.3 is 6.03 Å². The molecule has 0 spiro atoms. The molecule has 0 fully saturated rings. The predicted molar refractivity (Wildman–Crippen MR) is 138 cm³/mol. The van der Waals surface area contributed by atoms with E-state index in [4.69, 9.17) is 0 Å². The highest BCUT2D eigenvalue weighted by molar-refractivity contribution is 9.10. The van der Waals surface area contributed by atoms with E-state index < -0.39 is 35.7 Å². The molecule has 0 saturated carbocycles. The van der Waals surface area contributed by atoms with Crippen molar-refractivity contribution < 1.29 is 19.2 Å². The average Bonchev–Trinajstić information content (AvgIpc) is 2.84. The SMILES string of the molecule is CCC(NC(=O)[C@H](CC(C)C)NC(=O)NCc1ccccc1)C(=O)C(=O)NCc1ccccc1Br. The molecule has 4 amide bonds. The quantitative estimate of drug-likeness (QED) is 0.306. The molecular weight excluding hydrogens is 512 g/mol. The van der Waals surface area contributed by atoms with Crippen LogP contribution in [0.2, 0.25) is 0 Å². The van der Waals surface area contributed by atoms with E-state index in [1.807, 2.05) is 68.4 Å². The molecule has 1 unspecified atom stereocenters. The minimum Gasteiger partial charge on any atom is -0.345 e. The van der Waals surface area contributed by atoms with E-state index in [1.54, 1.807) is 6.92 Å². The number of Topliss-reactive ketones (excluding diaryl/α,β-unsaturated/α-hetero) is 1. The fourth-order valence-electron chi connectivity index (χ4n) is 3.38. The molecule has 0 saturated heterocycles. The van der Waals surface area contributed by atoms with Crippen LogP contribution in [0.1, 0.15) is 44.7 Å². The zero-order valence-corrected chi connectivity index (χ0v) is 21.9. The monoisotopic (exact) mass is 544 g/mol. The van der Waals surface area contributed by atoms with Gasteiger partial charge in [0.05, 0.1) is 6.04 Å². The van der Waals surface area contributed by atoms with E-state index in [9.17, 15) is 19.2 Å². The van der Waals surface area contributed by atoms with E-state index in [1.165, 1.54) is 0 Å². The number of hydrogen-bond donors (Lipinski definition) is 4. The van der Waals surface area contributed by atoms with Gasteiger partial charge in [0.15, 0.2) is 0 Å². The second-order valence-corrected chi connectivity index (χ2v) is 9.46. The summed E-state index contributed by atoms with van der Waals surface area (Å²) in [6.07, 6.45) is 0.616. The van der Waals surface area contributed by atoms with Crippen molar-refractivity contribution in [2.45, 2.75) is 58.8 Å². The number of nitrogens with one attached hydrogen (secondary N) is 4. The van der Waals surface area contributed by atoms with Gasteiger partial charge in [-0.3, -0.25) is 14.4 Å². The van der Waals surface area contributed by atoms with Crippen molar-refractivity contribution in [3.63, 3.8) is 0 Å². The standard InChI is InChI=1S/C26H33BrN4O4/c1-4-21(23(32)25(34)28-16-19-12-8-9-13-20(19)27)30-24(33)22(14-17(2)3)31-26(35)29-15-18-10-6-5-7-11-18/h5-13,17,21-22H,4,14-16H2,1-3H3,(H,28,34)(H,30,33)(H2,29,31,35)/t21?,22-/m0/s1. The summed E-state index contributed by atoms with van der Waals surface area (Å²) < 4.78 is 0.821. The number of amides is 4. The Morgan fingerprint density at radius 2 is 1.49 bits per heavy atom. The number of benzene rings is 2. The number of rotatable bonds is 12. The summed E-state index contributed by atoms with van der Waals surface area (Å²) in [7, 11) is 0. The van der Waals surface area contributed by atoms with Crippen LogP contribution in [0.15, 0.2) is 59.1 Å². The van der Waals surface area contributed by atoms with Crippen LogP contribution in [-0.2, 0) is 27.5 Å². The average molecular weight is 545 g/mol. The normalized spacial score (nSPS) is 12.4. The number of urea groups is 1. The Morgan fingerprint density at radius 1 is 0.829 bits per heavy atom. The van der Waals surface area contributed by atoms with Crippen molar-refractivity contribution in [2.75, 3.05) is 0 Å². The highest BCUT2D eigenvalue weighted by Crippen LogP contribution is 2.15. The lowest BCUT2D eigenvalue weighted by atomic mass is 10.0. The molecule has 0 radical (unpaired) electrons. The van der Waals surface area contributed by atoms with Gasteiger partial charge in [-0.25, -0.2) is 4.79 Å². The fraction of sp³-hybridized carbons (Fsp3) is 0.385. The van der Waals surface area contributed by atoms with Crippen LogP contribution in [0, 0.1) is 5.92 Å². The van der Waals surface area contributed by atoms with Gasteiger partial charge in [0.2, 0.25) is 11.7 Å². The molecule has 2 atom stereocenters. The molecule has 188 valence electrons. The zero-order chi connectivity index (χ0) is 25.8. The van der Waals surface area contributed by atoms with Gasteiger partial charge in [0.1, 0.15) is 6.04 Å². The van der Waals surface area contributed by atoms with Gasteiger partial charge in [0.25, 0.3) is 5.91 Å². The maximum Gasteiger partial charge on any atom is 0.315 e. The fourth-order valence-corrected chi connectivity index (χ4v) is 3.80. The largest absolute Gasteiger partial charge is 0.345 e. The minimum atomic E-state index is -0.995. The number of hydrogen-bond acceptors (Lipinski definition) is 4. The van der Waals surface area contributed by atoms with Crippen LogP contribution in [-0.4, -0.2) is 35.7 Å². The zero-order valence-electron chi connectivity index (χ0n) is 20.3. The van der Waals surface area contributed by atoms with Crippen molar-refractivity contribution in [3.8, 4) is 0 Å². The van der Waals surface area contributed by atoms with Gasteiger partial charge in [-0.2, -0.15) is 0 Å². The molecule has 9 heteroatoms. The molecule has 2 rings (SSSR count). The summed E-state index contributed by atoms with van der Waals surface area (Å²) in [4.78, 5) is 50.5. The third-order valence-corrected chi connectivity index (χ3v) is 6.06. The third kappa shape index (κ3) is 9.52. The topological polar surface area (TPSA) is 116 Å². The van der Waals surface area contributed by atoms with E-state index in [-0.39, 0.29) is 18.9 Å². The summed E-state index contributed by atoms with van der Waals surface area (Å²) in [5.41, 5.74) is 1.76. The molecule has 8 nitrogen and oxygen atoms in total. The number of carbonyl (C=O) groups is 4. The highest BCUT2D eigenvalue weighted by Gasteiger charge is 2.29. The summed E-state index contributed by atoms with van der Waals surface area (Å²) >= 11 is 3.41. The maximum absolute atomic E-state index is 13.0. The Morgan fingerprint density at radius 3 is 2.11 bits per heavy atom. The molecule has 2 aromatic rings. The van der Waals surface area contributed by atoms with E-state index in [0.717, 1.165) is 15.6 Å². The summed E-state index contributed by atoms with van der Waals surface area (Å²) in [5.74, 6) is -1.90. The van der Waals surface area contributed by atoms with Crippen molar-refractivity contribution in [2.24, 2.45) is 5.92 Å². The summed E-state index contributed by atoms with van der Waals surface area (Å²) in [6.45, 7) is 6.07. The van der Waals surface area contributed by atoms with Crippen LogP contribution >= 0.6 is 15.9 Å². The predicted octanol–water partition coefficient (Wildman–Crippen LogP) is 3.44. The maximum atomic E-state index is 13.0. The first-order valence-electron chi connectivity index (χ1n) is 11.6. The number of ketones is 1. The molecule has 0 aliphatic heterocycles. The summed E-state index contributed by atoms with van der Waals surface area (Å²) in [6, 6.07) is 14.4. The van der Waals surface area contributed by atoms with Crippen LogP contribution in [0.4, 0.5) is 4.79 Å². The van der Waals surface area contributed by atoms with Crippen molar-refractivity contribution in [1.82, 2.24) is 21.3 Å². The first kappa shape index (κ1) is 28.0. The first-order valence-corrected chi connectivity index (χ1v) is 12.4. The lowest BCUT2D eigenvalue weighted by Crippen LogP contribution is -2.55. The van der Waals surface area contributed by atoms with Gasteiger partial charge in [-0.1, -0.05) is 85.2 Å². The molecular formula is C26H33BrN4O4. The van der Waals surface area contributed by atoms with E-state index in [0.29, 0.717) is 13.0 Å². The molecule has 0 bridgehead atoms. The molecule has 0 aromatic heterocycles. The van der Waals surface area contributed by atoms with E-state index >= 15 is 0 Å². The Hall–Kier alpha value is -3.20. The van der Waals surface area contributed by atoms with Crippen LogP contribution < -0.4 is 21.3 Å². The lowest BCUT2D eigenvalue weighted by molar-refractivity contribution is -0.140. The van der Waals surface area contributed by atoms with Gasteiger partial charge in [0, 0.05) is 17.6 Å². The Bertz CT molecular complexity index is 1010. The molecule has 2 aromatic carbocycles. The van der Waals surface area contributed by atoms with Crippen LogP contribution in [0.5, 0.6) is 0 Å². The Balaban J connectivity index is 1.95. The second-order valence-electron chi connectivity index (χ2n) is 8.60. The Labute approximate surface area is 214 Å². The van der Waals surface area contributed by atoms with Crippen LogP contribution in [0.25, 0.3) is 0 Å². The third-order valence-electron chi connectivity index (χ3n) is 5.29. The van der Waals surface area contributed by atoms with Gasteiger partial charge in [-0.15, -0.1) is 0 Å². The van der Waals surface area contributed by atoms with Crippen LogP contribution in [0.3, 0.4) is 0 Å².